The van der Waals surface area contributed by atoms with Crippen LogP contribution < -0.4 is 0 Å². The highest BCUT2D eigenvalue weighted by Crippen LogP contribution is 2.18. The summed E-state index contributed by atoms with van der Waals surface area (Å²) in [6, 6.07) is 9.30. The third-order valence-electron chi connectivity index (χ3n) is 3.54. The molecule has 1 heterocycles. The summed E-state index contributed by atoms with van der Waals surface area (Å²) >= 11 is 0. The molecule has 1 unspecified atom stereocenters. The SMILES string of the molecule is CN1CCC(=O)C(CCC(=O)c2ccccc2)C1. The molecule has 0 aliphatic carbocycles. The highest BCUT2D eigenvalue weighted by Gasteiger charge is 2.25. The van der Waals surface area contributed by atoms with Crippen LogP contribution in [0, 0.1) is 5.92 Å². The smallest absolute Gasteiger partial charge is 0.162 e. The minimum Gasteiger partial charge on any atom is -0.305 e. The van der Waals surface area contributed by atoms with Crippen molar-refractivity contribution in [1.82, 2.24) is 4.90 Å². The quantitative estimate of drug-likeness (QED) is 0.763. The van der Waals surface area contributed by atoms with Crippen molar-refractivity contribution in [2.45, 2.75) is 19.3 Å². The maximum absolute atomic E-state index is 12.0. The lowest BCUT2D eigenvalue weighted by Gasteiger charge is -2.28. The Bertz CT molecular complexity index is 427. The first kappa shape index (κ1) is 13.0. The van der Waals surface area contributed by atoms with Gasteiger partial charge in [0.25, 0.3) is 0 Å². The van der Waals surface area contributed by atoms with E-state index in [-0.39, 0.29) is 11.7 Å². The summed E-state index contributed by atoms with van der Waals surface area (Å²) in [6.07, 6.45) is 1.77. The van der Waals surface area contributed by atoms with Crippen LogP contribution in [0.25, 0.3) is 0 Å². The monoisotopic (exact) mass is 245 g/mol. The van der Waals surface area contributed by atoms with E-state index in [1.165, 1.54) is 0 Å². The number of hydrogen-bond donors (Lipinski definition) is 0. The Morgan fingerprint density at radius 1 is 1.33 bits per heavy atom. The highest BCUT2D eigenvalue weighted by atomic mass is 16.1. The molecule has 0 amide bonds. The molecule has 1 aromatic carbocycles. The number of ketones is 2. The van der Waals surface area contributed by atoms with Crippen molar-refractivity contribution >= 4 is 11.6 Å². The van der Waals surface area contributed by atoms with Crippen molar-refractivity contribution < 1.29 is 9.59 Å². The van der Waals surface area contributed by atoms with E-state index in [1.54, 1.807) is 0 Å². The molecular weight excluding hydrogens is 226 g/mol. The minimum absolute atomic E-state index is 0.0383. The van der Waals surface area contributed by atoms with Gasteiger partial charge < -0.3 is 4.90 Å². The predicted molar refractivity (Wildman–Crippen MR) is 70.6 cm³/mol. The number of hydrogen-bond acceptors (Lipinski definition) is 3. The number of rotatable bonds is 4. The molecule has 0 aromatic heterocycles. The number of nitrogens with zero attached hydrogens (tertiary/aromatic N) is 1. The molecule has 0 spiro atoms. The molecule has 1 atom stereocenters. The highest BCUT2D eigenvalue weighted by molar-refractivity contribution is 5.96. The van der Waals surface area contributed by atoms with Crippen molar-refractivity contribution in [2.75, 3.05) is 20.1 Å². The first-order chi connectivity index (χ1) is 8.66. The van der Waals surface area contributed by atoms with Crippen LogP contribution in [0.2, 0.25) is 0 Å². The van der Waals surface area contributed by atoms with Crippen LogP contribution >= 0.6 is 0 Å². The van der Waals surface area contributed by atoms with Crippen LogP contribution in [0.5, 0.6) is 0 Å². The van der Waals surface area contributed by atoms with Crippen LogP contribution in [0.15, 0.2) is 30.3 Å². The second-order valence-corrected chi connectivity index (χ2v) is 5.00. The molecule has 96 valence electrons. The normalized spacial score (nSPS) is 20.9. The molecule has 1 aromatic rings. The van der Waals surface area contributed by atoms with Gasteiger partial charge in [-0.15, -0.1) is 0 Å². The fourth-order valence-electron chi connectivity index (χ4n) is 2.40. The Balaban J connectivity index is 1.88. The van der Waals surface area contributed by atoms with Gasteiger partial charge in [-0.1, -0.05) is 30.3 Å². The third-order valence-corrected chi connectivity index (χ3v) is 3.54. The van der Waals surface area contributed by atoms with E-state index in [9.17, 15) is 9.59 Å². The average molecular weight is 245 g/mol. The van der Waals surface area contributed by atoms with Gasteiger partial charge in [-0.3, -0.25) is 9.59 Å². The van der Waals surface area contributed by atoms with Gasteiger partial charge in [-0.05, 0) is 13.5 Å². The molecule has 1 saturated heterocycles. The van der Waals surface area contributed by atoms with Crippen molar-refractivity contribution in [3.63, 3.8) is 0 Å². The molecule has 0 radical (unpaired) electrons. The van der Waals surface area contributed by atoms with Gasteiger partial charge in [0.15, 0.2) is 5.78 Å². The van der Waals surface area contributed by atoms with Gasteiger partial charge in [0.05, 0.1) is 0 Å². The third kappa shape index (κ3) is 3.26. The number of benzene rings is 1. The van der Waals surface area contributed by atoms with Gasteiger partial charge in [-0.25, -0.2) is 0 Å². The minimum atomic E-state index is 0.0383. The molecule has 0 N–H and O–H groups in total. The summed E-state index contributed by atoms with van der Waals surface area (Å²) in [5, 5.41) is 0. The maximum Gasteiger partial charge on any atom is 0.162 e. The Kier molecular flexibility index (Phi) is 4.26. The Labute approximate surface area is 108 Å². The summed E-state index contributed by atoms with van der Waals surface area (Å²) in [4.78, 5) is 25.9. The average Bonchev–Trinajstić information content (AvgIpc) is 2.40. The Morgan fingerprint density at radius 3 is 2.78 bits per heavy atom. The van der Waals surface area contributed by atoms with E-state index >= 15 is 0 Å². The molecule has 1 aliphatic heterocycles. The standard InChI is InChI=1S/C15H19NO2/c1-16-10-9-15(18)13(11-16)7-8-14(17)12-5-3-2-4-6-12/h2-6,13H,7-11H2,1H3. The van der Waals surface area contributed by atoms with Crippen LogP contribution in [-0.2, 0) is 4.79 Å². The molecule has 2 rings (SSSR count). The van der Waals surface area contributed by atoms with Gasteiger partial charge in [0.1, 0.15) is 5.78 Å². The van der Waals surface area contributed by atoms with Crippen LogP contribution in [-0.4, -0.2) is 36.6 Å². The van der Waals surface area contributed by atoms with Gasteiger partial charge in [-0.2, -0.15) is 0 Å². The Morgan fingerprint density at radius 2 is 2.06 bits per heavy atom. The fraction of sp³-hybridized carbons (Fsp3) is 0.467. The lowest BCUT2D eigenvalue weighted by molar-refractivity contribution is -0.126. The lowest BCUT2D eigenvalue weighted by Crippen LogP contribution is -2.38. The topological polar surface area (TPSA) is 37.4 Å². The number of Topliss-reactive ketones (excluding diaryl/α,β-unsaturated/α-hetero) is 2. The number of carbonyl (C=O) groups is 2. The second-order valence-electron chi connectivity index (χ2n) is 5.00. The first-order valence-corrected chi connectivity index (χ1v) is 6.46. The molecule has 3 heteroatoms. The van der Waals surface area contributed by atoms with Crippen molar-refractivity contribution in [2.24, 2.45) is 5.92 Å². The van der Waals surface area contributed by atoms with Gasteiger partial charge in [0.2, 0.25) is 0 Å². The molecule has 1 aliphatic rings. The lowest BCUT2D eigenvalue weighted by atomic mass is 9.90. The Hall–Kier alpha value is -1.48. The summed E-state index contributed by atoms with van der Waals surface area (Å²) < 4.78 is 0. The number of carbonyl (C=O) groups excluding carboxylic acids is 2. The predicted octanol–water partition coefficient (Wildman–Crippen LogP) is 2.17. The number of piperidine rings is 1. The molecule has 3 nitrogen and oxygen atoms in total. The zero-order valence-electron chi connectivity index (χ0n) is 10.8. The van der Waals surface area contributed by atoms with Crippen LogP contribution in [0.1, 0.15) is 29.6 Å². The number of likely N-dealkylation sites (tertiary alicyclic amines) is 1. The molecular formula is C15H19NO2. The molecule has 0 bridgehead atoms. The zero-order valence-corrected chi connectivity index (χ0v) is 10.8. The van der Waals surface area contributed by atoms with Crippen LogP contribution in [0.3, 0.4) is 0 Å². The molecule has 1 fully saturated rings. The van der Waals surface area contributed by atoms with E-state index in [2.05, 4.69) is 4.90 Å². The van der Waals surface area contributed by atoms with Crippen molar-refractivity contribution in [1.29, 1.82) is 0 Å². The summed E-state index contributed by atoms with van der Waals surface area (Å²) in [6.45, 7) is 1.64. The van der Waals surface area contributed by atoms with Crippen molar-refractivity contribution in [3.05, 3.63) is 35.9 Å². The summed E-state index contributed by atoms with van der Waals surface area (Å²) in [5.41, 5.74) is 0.745. The van der Waals surface area contributed by atoms with E-state index in [0.717, 1.165) is 18.7 Å². The largest absolute Gasteiger partial charge is 0.305 e. The summed E-state index contributed by atoms with van der Waals surface area (Å²) in [5.74, 6) is 0.488. The molecule has 0 saturated carbocycles. The van der Waals surface area contributed by atoms with Gasteiger partial charge >= 0.3 is 0 Å². The van der Waals surface area contributed by atoms with Crippen LogP contribution in [0.4, 0.5) is 0 Å². The second kappa shape index (κ2) is 5.91. The van der Waals surface area contributed by atoms with E-state index in [1.807, 2.05) is 37.4 Å². The fourth-order valence-corrected chi connectivity index (χ4v) is 2.40. The summed E-state index contributed by atoms with van der Waals surface area (Å²) in [7, 11) is 2.03. The van der Waals surface area contributed by atoms with E-state index < -0.39 is 0 Å². The zero-order chi connectivity index (χ0) is 13.0. The van der Waals surface area contributed by atoms with Gasteiger partial charge in [0, 0.05) is 37.4 Å². The van der Waals surface area contributed by atoms with Crippen molar-refractivity contribution in [3.8, 4) is 0 Å². The van der Waals surface area contributed by atoms with E-state index in [0.29, 0.717) is 25.0 Å². The van der Waals surface area contributed by atoms with E-state index in [4.69, 9.17) is 0 Å². The molecule has 18 heavy (non-hydrogen) atoms. The maximum atomic E-state index is 12.0. The first-order valence-electron chi connectivity index (χ1n) is 6.46.